The molecule has 2 heterocycles. The topological polar surface area (TPSA) is 30.3 Å². The minimum absolute atomic E-state index is 0.675. The minimum Gasteiger partial charge on any atom is -0.301 e. The number of piperazine rings is 1. The molecule has 3 nitrogen and oxygen atoms in total. The third-order valence-corrected chi connectivity index (χ3v) is 4.45. The van der Waals surface area contributed by atoms with Crippen molar-refractivity contribution < 1.29 is 0 Å². The number of nitrogens with zero attached hydrogens (tertiary/aromatic N) is 3. The summed E-state index contributed by atoms with van der Waals surface area (Å²) in [6, 6.07) is 6.29. The predicted octanol–water partition coefficient (Wildman–Crippen LogP) is 2.82. The second-order valence-corrected chi connectivity index (χ2v) is 6.38. The first-order valence-corrected chi connectivity index (χ1v) is 7.53. The Hall–Kier alpha value is -0.600. The smallest absolute Gasteiger partial charge is 0.0931 e. The summed E-state index contributed by atoms with van der Waals surface area (Å²) in [5.74, 6) is 0. The van der Waals surface area contributed by atoms with Crippen molar-refractivity contribution in [3.05, 3.63) is 21.3 Å². The van der Waals surface area contributed by atoms with Crippen molar-refractivity contribution >= 4 is 22.9 Å². The van der Waals surface area contributed by atoms with E-state index in [9.17, 15) is 0 Å². The number of nitriles is 1. The van der Waals surface area contributed by atoms with Crippen molar-refractivity contribution in [1.29, 1.82) is 5.26 Å². The second-order valence-electron chi connectivity index (χ2n) is 4.59. The lowest BCUT2D eigenvalue weighted by atomic mass is 10.2. The molecule has 0 aliphatic carbocycles. The van der Waals surface area contributed by atoms with E-state index >= 15 is 0 Å². The van der Waals surface area contributed by atoms with Crippen LogP contribution in [0.3, 0.4) is 0 Å². The van der Waals surface area contributed by atoms with Crippen LogP contribution >= 0.6 is 22.9 Å². The van der Waals surface area contributed by atoms with Gasteiger partial charge in [0.15, 0.2) is 0 Å². The highest BCUT2D eigenvalue weighted by molar-refractivity contribution is 7.16. The molecule has 1 fully saturated rings. The summed E-state index contributed by atoms with van der Waals surface area (Å²) in [5.41, 5.74) is 0. The van der Waals surface area contributed by atoms with Gasteiger partial charge in [0.2, 0.25) is 0 Å². The van der Waals surface area contributed by atoms with Crippen molar-refractivity contribution in [3.63, 3.8) is 0 Å². The molecular formula is C13H18ClN3S. The number of thiophene rings is 1. The zero-order valence-corrected chi connectivity index (χ0v) is 12.0. The first kappa shape index (κ1) is 13.8. The molecule has 0 N–H and O–H groups in total. The Labute approximate surface area is 118 Å². The van der Waals surface area contributed by atoms with E-state index in [2.05, 4.69) is 21.9 Å². The molecule has 0 amide bonds. The molecule has 1 aliphatic heterocycles. The van der Waals surface area contributed by atoms with Crippen molar-refractivity contribution in [2.75, 3.05) is 32.7 Å². The molecule has 0 spiro atoms. The normalized spacial score (nSPS) is 17.8. The van der Waals surface area contributed by atoms with Crippen LogP contribution in [-0.4, -0.2) is 42.5 Å². The average Bonchev–Trinajstić information content (AvgIpc) is 2.77. The van der Waals surface area contributed by atoms with Gasteiger partial charge in [-0.3, -0.25) is 4.90 Å². The molecule has 98 valence electrons. The summed E-state index contributed by atoms with van der Waals surface area (Å²) in [6.45, 7) is 6.54. The van der Waals surface area contributed by atoms with Gasteiger partial charge in [-0.05, 0) is 25.1 Å². The number of hydrogen-bond donors (Lipinski definition) is 0. The maximum absolute atomic E-state index is 8.52. The highest BCUT2D eigenvalue weighted by atomic mass is 35.5. The van der Waals surface area contributed by atoms with Gasteiger partial charge in [-0.2, -0.15) is 5.26 Å². The third kappa shape index (κ3) is 4.25. The molecule has 18 heavy (non-hydrogen) atoms. The Bertz CT molecular complexity index is 405. The van der Waals surface area contributed by atoms with E-state index < -0.39 is 0 Å². The van der Waals surface area contributed by atoms with Crippen molar-refractivity contribution in [2.45, 2.75) is 19.4 Å². The molecule has 0 aromatic carbocycles. The molecular weight excluding hydrogens is 266 g/mol. The van der Waals surface area contributed by atoms with Crippen LogP contribution in [0.25, 0.3) is 0 Å². The summed E-state index contributed by atoms with van der Waals surface area (Å²) in [5, 5.41) is 8.52. The van der Waals surface area contributed by atoms with Gasteiger partial charge in [0, 0.05) is 44.0 Å². The average molecular weight is 284 g/mol. The Balaban J connectivity index is 1.69. The standard InChI is InChI=1S/C13H18ClN3S/c14-13-4-3-12(18-13)11-17-9-7-16(8-10-17)6-2-1-5-15/h3-4H,1-2,6-11H2. The molecule has 0 radical (unpaired) electrons. The third-order valence-electron chi connectivity index (χ3n) is 3.24. The van der Waals surface area contributed by atoms with Crippen LogP contribution in [0.4, 0.5) is 0 Å². The van der Waals surface area contributed by atoms with E-state index in [0.29, 0.717) is 6.42 Å². The number of halogens is 1. The van der Waals surface area contributed by atoms with Gasteiger partial charge in [0.1, 0.15) is 0 Å². The summed E-state index contributed by atoms with van der Waals surface area (Å²) in [7, 11) is 0. The van der Waals surface area contributed by atoms with Gasteiger partial charge in [-0.15, -0.1) is 11.3 Å². The zero-order chi connectivity index (χ0) is 12.8. The summed E-state index contributed by atoms with van der Waals surface area (Å²) in [6.07, 6.45) is 1.67. The predicted molar refractivity (Wildman–Crippen MR) is 75.9 cm³/mol. The number of unbranched alkanes of at least 4 members (excludes halogenated alkanes) is 1. The van der Waals surface area contributed by atoms with Gasteiger partial charge in [0.05, 0.1) is 10.4 Å². The van der Waals surface area contributed by atoms with Gasteiger partial charge in [-0.25, -0.2) is 0 Å². The van der Waals surface area contributed by atoms with Gasteiger partial charge >= 0.3 is 0 Å². The quantitative estimate of drug-likeness (QED) is 0.779. The fourth-order valence-electron chi connectivity index (χ4n) is 2.21. The van der Waals surface area contributed by atoms with E-state index in [1.54, 1.807) is 11.3 Å². The molecule has 0 unspecified atom stereocenters. The lowest BCUT2D eigenvalue weighted by molar-refractivity contribution is 0.127. The monoisotopic (exact) mass is 283 g/mol. The van der Waals surface area contributed by atoms with Crippen molar-refractivity contribution in [3.8, 4) is 6.07 Å². The number of hydrogen-bond acceptors (Lipinski definition) is 4. The van der Waals surface area contributed by atoms with E-state index in [4.69, 9.17) is 16.9 Å². The molecule has 1 saturated heterocycles. The first-order valence-electron chi connectivity index (χ1n) is 6.34. The summed E-state index contributed by atoms with van der Waals surface area (Å²) < 4.78 is 0.875. The molecule has 5 heteroatoms. The summed E-state index contributed by atoms with van der Waals surface area (Å²) in [4.78, 5) is 6.27. The van der Waals surface area contributed by atoms with E-state index in [0.717, 1.165) is 50.0 Å². The Morgan fingerprint density at radius 1 is 1.22 bits per heavy atom. The first-order chi connectivity index (χ1) is 8.78. The van der Waals surface area contributed by atoms with Crippen LogP contribution in [-0.2, 0) is 6.54 Å². The van der Waals surface area contributed by atoms with E-state index in [1.807, 2.05) is 6.07 Å². The van der Waals surface area contributed by atoms with Crippen LogP contribution in [0.1, 0.15) is 17.7 Å². The van der Waals surface area contributed by atoms with Crippen LogP contribution in [0.2, 0.25) is 4.34 Å². The lowest BCUT2D eigenvalue weighted by Crippen LogP contribution is -2.45. The number of rotatable bonds is 5. The van der Waals surface area contributed by atoms with Crippen molar-refractivity contribution in [1.82, 2.24) is 9.80 Å². The van der Waals surface area contributed by atoms with Gasteiger partial charge < -0.3 is 4.90 Å². The second kappa shape index (κ2) is 7.10. The molecule has 0 bridgehead atoms. The van der Waals surface area contributed by atoms with E-state index in [-0.39, 0.29) is 0 Å². The van der Waals surface area contributed by atoms with Crippen LogP contribution in [0, 0.1) is 11.3 Å². The maximum Gasteiger partial charge on any atom is 0.0931 e. The molecule has 2 rings (SSSR count). The van der Waals surface area contributed by atoms with Crippen molar-refractivity contribution in [2.24, 2.45) is 0 Å². The molecule has 1 aromatic rings. The van der Waals surface area contributed by atoms with Crippen LogP contribution < -0.4 is 0 Å². The Morgan fingerprint density at radius 3 is 2.56 bits per heavy atom. The molecule has 0 atom stereocenters. The van der Waals surface area contributed by atoms with Crippen LogP contribution in [0.15, 0.2) is 12.1 Å². The molecule has 1 aliphatic rings. The fraction of sp³-hybridized carbons (Fsp3) is 0.615. The van der Waals surface area contributed by atoms with Gasteiger partial charge in [-0.1, -0.05) is 11.6 Å². The largest absolute Gasteiger partial charge is 0.301 e. The Kier molecular flexibility index (Phi) is 5.45. The molecule has 1 aromatic heterocycles. The minimum atomic E-state index is 0.675. The summed E-state index contributed by atoms with van der Waals surface area (Å²) >= 11 is 7.61. The van der Waals surface area contributed by atoms with Crippen LogP contribution in [0.5, 0.6) is 0 Å². The van der Waals surface area contributed by atoms with E-state index in [1.165, 1.54) is 4.88 Å². The zero-order valence-electron chi connectivity index (χ0n) is 10.4. The lowest BCUT2D eigenvalue weighted by Gasteiger charge is -2.34. The maximum atomic E-state index is 8.52. The fourth-order valence-corrected chi connectivity index (χ4v) is 3.34. The highest BCUT2D eigenvalue weighted by Crippen LogP contribution is 2.23. The SMILES string of the molecule is N#CCCCN1CCN(Cc2ccc(Cl)s2)CC1. The molecule has 0 saturated carbocycles. The highest BCUT2D eigenvalue weighted by Gasteiger charge is 2.16. The van der Waals surface area contributed by atoms with Gasteiger partial charge in [0.25, 0.3) is 0 Å². The Morgan fingerprint density at radius 2 is 1.94 bits per heavy atom.